The van der Waals surface area contributed by atoms with Gasteiger partial charge in [0.05, 0.1) is 24.0 Å². The monoisotopic (exact) mass is 441 g/mol. The van der Waals surface area contributed by atoms with Crippen LogP contribution in [0, 0.1) is 5.92 Å². The summed E-state index contributed by atoms with van der Waals surface area (Å²) in [4.78, 5) is 35.3. The second-order valence-corrected chi connectivity index (χ2v) is 7.87. The van der Waals surface area contributed by atoms with Crippen LogP contribution in [-0.2, 0) is 6.18 Å². The van der Waals surface area contributed by atoms with Crippen molar-refractivity contribution in [1.29, 1.82) is 0 Å². The molecule has 1 aliphatic heterocycles. The molecule has 3 aromatic rings. The SMILES string of the molecule is O=C(c1ncccc1-c1ncccn1)N1CC2CC(Nc3cnc(C(F)(F)F)cn3)C1C2. The molecule has 2 fully saturated rings. The molecule has 2 bridgehead atoms. The van der Waals surface area contributed by atoms with Crippen LogP contribution in [0.5, 0.6) is 0 Å². The molecule has 0 aromatic carbocycles. The number of anilines is 1. The minimum absolute atomic E-state index is 0.122. The number of fused-ring (bicyclic) bond motifs is 2. The van der Waals surface area contributed by atoms with Gasteiger partial charge < -0.3 is 10.2 Å². The second-order valence-electron chi connectivity index (χ2n) is 7.87. The fraction of sp³-hybridized carbons (Fsp3) is 0.333. The van der Waals surface area contributed by atoms with Crippen molar-refractivity contribution in [3.8, 4) is 11.4 Å². The first kappa shape index (κ1) is 20.3. The number of hydrogen-bond acceptors (Lipinski definition) is 7. The van der Waals surface area contributed by atoms with E-state index in [1.807, 2.05) is 0 Å². The summed E-state index contributed by atoms with van der Waals surface area (Å²) in [7, 11) is 0. The third-order valence-electron chi connectivity index (χ3n) is 5.84. The molecule has 1 saturated heterocycles. The number of rotatable bonds is 4. The lowest BCUT2D eigenvalue weighted by atomic mass is 10.0. The van der Waals surface area contributed by atoms with Gasteiger partial charge in [0.2, 0.25) is 0 Å². The van der Waals surface area contributed by atoms with Crippen molar-refractivity contribution in [2.45, 2.75) is 31.1 Å². The van der Waals surface area contributed by atoms with Gasteiger partial charge in [0, 0.05) is 31.2 Å². The number of likely N-dealkylation sites (tertiary alicyclic amines) is 1. The molecular weight excluding hydrogens is 423 g/mol. The molecule has 0 radical (unpaired) electrons. The van der Waals surface area contributed by atoms with E-state index in [-0.39, 0.29) is 29.5 Å². The van der Waals surface area contributed by atoms with E-state index in [0.717, 1.165) is 19.0 Å². The molecule has 164 valence electrons. The Morgan fingerprint density at radius 1 is 1.00 bits per heavy atom. The van der Waals surface area contributed by atoms with E-state index in [1.165, 1.54) is 0 Å². The first-order valence-corrected chi connectivity index (χ1v) is 10.1. The zero-order valence-electron chi connectivity index (χ0n) is 16.7. The summed E-state index contributed by atoms with van der Waals surface area (Å²) in [5.74, 6) is 0.747. The molecule has 3 unspecified atom stereocenters. The van der Waals surface area contributed by atoms with Gasteiger partial charge in [0.25, 0.3) is 5.91 Å². The van der Waals surface area contributed by atoms with Crippen LogP contribution in [0.2, 0.25) is 0 Å². The van der Waals surface area contributed by atoms with Crippen molar-refractivity contribution in [3.05, 3.63) is 60.6 Å². The minimum Gasteiger partial charge on any atom is -0.364 e. The van der Waals surface area contributed by atoms with Gasteiger partial charge in [-0.05, 0) is 37.0 Å². The summed E-state index contributed by atoms with van der Waals surface area (Å²) in [6, 6.07) is 4.93. The summed E-state index contributed by atoms with van der Waals surface area (Å²) in [6.07, 6.45) is 3.61. The van der Waals surface area contributed by atoms with Gasteiger partial charge in [-0.1, -0.05) is 0 Å². The lowest BCUT2D eigenvalue weighted by Crippen LogP contribution is -2.48. The fourth-order valence-electron chi connectivity index (χ4n) is 4.48. The molecule has 3 aromatic heterocycles. The number of carbonyl (C=O) groups is 1. The lowest BCUT2D eigenvalue weighted by molar-refractivity contribution is -0.141. The standard InChI is InChI=1S/C21H18F3N7O/c22-21(23,24)16-9-29-17(10-28-16)30-14-7-12-8-15(14)31(11-12)20(32)18-13(3-1-4-25-18)19-26-5-2-6-27-19/h1-6,9-10,12,14-15H,7-8,11H2,(H,29,30). The third kappa shape index (κ3) is 3.74. The molecular formula is C21H18F3N7O. The number of hydrogen-bond donors (Lipinski definition) is 1. The molecule has 5 rings (SSSR count). The predicted molar refractivity (Wildman–Crippen MR) is 107 cm³/mol. The highest BCUT2D eigenvalue weighted by molar-refractivity contribution is 5.98. The second kappa shape index (κ2) is 7.81. The van der Waals surface area contributed by atoms with Crippen molar-refractivity contribution in [2.75, 3.05) is 11.9 Å². The molecule has 11 heteroatoms. The summed E-state index contributed by atoms with van der Waals surface area (Å²) >= 11 is 0. The van der Waals surface area contributed by atoms with Gasteiger partial charge in [0.15, 0.2) is 11.5 Å². The van der Waals surface area contributed by atoms with E-state index in [2.05, 4.69) is 30.2 Å². The van der Waals surface area contributed by atoms with Gasteiger partial charge in [0.1, 0.15) is 11.5 Å². The highest BCUT2D eigenvalue weighted by atomic mass is 19.4. The van der Waals surface area contributed by atoms with Gasteiger partial charge in [-0.3, -0.25) is 9.78 Å². The lowest BCUT2D eigenvalue weighted by Gasteiger charge is -2.34. The van der Waals surface area contributed by atoms with Crippen LogP contribution in [0.4, 0.5) is 19.0 Å². The Hall–Kier alpha value is -3.63. The maximum atomic E-state index is 13.4. The summed E-state index contributed by atoms with van der Waals surface area (Å²) < 4.78 is 38.2. The predicted octanol–water partition coefficient (Wildman–Crippen LogP) is 3.06. The Labute approximate surface area is 181 Å². The maximum absolute atomic E-state index is 13.4. The zero-order valence-corrected chi connectivity index (χ0v) is 16.7. The van der Waals surface area contributed by atoms with Gasteiger partial charge in [-0.25, -0.2) is 19.9 Å². The van der Waals surface area contributed by atoms with Crippen molar-refractivity contribution in [2.24, 2.45) is 5.92 Å². The average molecular weight is 441 g/mol. The number of nitrogens with one attached hydrogen (secondary N) is 1. The van der Waals surface area contributed by atoms with Gasteiger partial charge in [-0.15, -0.1) is 0 Å². The third-order valence-corrected chi connectivity index (χ3v) is 5.84. The summed E-state index contributed by atoms with van der Waals surface area (Å²) in [6.45, 7) is 0.603. The van der Waals surface area contributed by atoms with Gasteiger partial charge >= 0.3 is 6.18 Å². The molecule has 1 aliphatic carbocycles. The topological polar surface area (TPSA) is 96.8 Å². The molecule has 32 heavy (non-hydrogen) atoms. The van der Waals surface area contributed by atoms with Crippen molar-refractivity contribution in [3.63, 3.8) is 0 Å². The number of carbonyl (C=O) groups excluding carboxylic acids is 1. The number of halogens is 3. The number of aromatic nitrogens is 5. The minimum atomic E-state index is -4.54. The van der Waals surface area contributed by atoms with Gasteiger partial charge in [-0.2, -0.15) is 13.2 Å². The normalized spacial score (nSPS) is 22.2. The van der Waals surface area contributed by atoms with Crippen molar-refractivity contribution >= 4 is 11.7 Å². The molecule has 4 heterocycles. The van der Waals surface area contributed by atoms with Crippen molar-refractivity contribution < 1.29 is 18.0 Å². The average Bonchev–Trinajstić information content (AvgIpc) is 3.40. The molecule has 8 nitrogen and oxygen atoms in total. The number of alkyl halides is 3. The van der Waals surface area contributed by atoms with Crippen LogP contribution in [0.25, 0.3) is 11.4 Å². The molecule has 1 amide bonds. The highest BCUT2D eigenvalue weighted by Crippen LogP contribution is 2.40. The van der Waals surface area contributed by atoms with E-state index in [0.29, 0.717) is 30.0 Å². The Bertz CT molecular complexity index is 1120. The van der Waals surface area contributed by atoms with E-state index in [4.69, 9.17) is 0 Å². The van der Waals surface area contributed by atoms with E-state index < -0.39 is 11.9 Å². The number of nitrogens with zero attached hydrogens (tertiary/aromatic N) is 6. The molecule has 3 atom stereocenters. The number of pyridine rings is 1. The summed E-state index contributed by atoms with van der Waals surface area (Å²) in [5, 5.41) is 3.15. The fourth-order valence-corrected chi connectivity index (χ4v) is 4.48. The van der Waals surface area contributed by atoms with E-state index >= 15 is 0 Å². The molecule has 2 aliphatic rings. The zero-order chi connectivity index (χ0) is 22.3. The Morgan fingerprint density at radius 3 is 2.47 bits per heavy atom. The van der Waals surface area contributed by atoms with E-state index in [9.17, 15) is 18.0 Å². The van der Waals surface area contributed by atoms with E-state index in [1.54, 1.807) is 41.7 Å². The van der Waals surface area contributed by atoms with Crippen molar-refractivity contribution in [1.82, 2.24) is 29.8 Å². The molecule has 1 saturated carbocycles. The smallest absolute Gasteiger partial charge is 0.364 e. The first-order valence-electron chi connectivity index (χ1n) is 10.1. The highest BCUT2D eigenvalue weighted by Gasteiger charge is 2.47. The summed E-state index contributed by atoms with van der Waals surface area (Å²) in [5.41, 5.74) is -0.211. The van der Waals surface area contributed by atoms with Crippen LogP contribution in [-0.4, -0.2) is 54.4 Å². The van der Waals surface area contributed by atoms with Crippen LogP contribution in [0.15, 0.2) is 49.2 Å². The maximum Gasteiger partial charge on any atom is 0.434 e. The largest absolute Gasteiger partial charge is 0.434 e. The van der Waals surface area contributed by atoms with Crippen LogP contribution >= 0.6 is 0 Å². The number of piperidine rings is 1. The van der Waals surface area contributed by atoms with Crippen LogP contribution < -0.4 is 5.32 Å². The first-order chi connectivity index (χ1) is 15.4. The van der Waals surface area contributed by atoms with Crippen LogP contribution in [0.3, 0.4) is 0 Å². The van der Waals surface area contributed by atoms with Crippen LogP contribution in [0.1, 0.15) is 29.0 Å². The Balaban J connectivity index is 1.35. The molecule has 1 N–H and O–H groups in total. The molecule has 0 spiro atoms. The quantitative estimate of drug-likeness (QED) is 0.665. The Morgan fingerprint density at radius 2 is 1.78 bits per heavy atom. The Kier molecular flexibility index (Phi) is 4.95. The number of amides is 1.